The minimum Gasteiger partial charge on any atom is -0.385 e. The van der Waals surface area contributed by atoms with Gasteiger partial charge >= 0.3 is 0 Å². The van der Waals surface area contributed by atoms with Crippen LogP contribution in [-0.4, -0.2) is 37.6 Å². The molecule has 3 rings (SSSR count). The molecule has 1 atom stereocenters. The summed E-state index contributed by atoms with van der Waals surface area (Å²) >= 11 is 1.69. The zero-order valence-electron chi connectivity index (χ0n) is 14.2. The SMILES string of the molecule is COCCC[C@H]1CCCN(C(=O)c2ccc(-c3ccsc3)cc2)C1. The van der Waals surface area contributed by atoms with Crippen LogP contribution in [0.3, 0.4) is 0 Å². The molecule has 0 radical (unpaired) electrons. The zero-order chi connectivity index (χ0) is 16.8. The summed E-state index contributed by atoms with van der Waals surface area (Å²) in [5.74, 6) is 0.784. The number of rotatable bonds is 6. The number of thiophene rings is 1. The third-order valence-electron chi connectivity index (χ3n) is 4.75. The smallest absolute Gasteiger partial charge is 0.253 e. The van der Waals surface area contributed by atoms with Gasteiger partial charge in [-0.3, -0.25) is 4.79 Å². The second-order valence-corrected chi connectivity index (χ2v) is 7.26. The Bertz CT molecular complexity index is 636. The van der Waals surface area contributed by atoms with Gasteiger partial charge in [0.25, 0.3) is 5.91 Å². The minimum absolute atomic E-state index is 0.170. The lowest BCUT2D eigenvalue weighted by atomic mass is 9.93. The highest BCUT2D eigenvalue weighted by Gasteiger charge is 2.24. The summed E-state index contributed by atoms with van der Waals surface area (Å²) < 4.78 is 5.14. The zero-order valence-corrected chi connectivity index (χ0v) is 15.1. The first-order valence-corrected chi connectivity index (χ1v) is 9.63. The third-order valence-corrected chi connectivity index (χ3v) is 5.44. The highest BCUT2D eigenvalue weighted by atomic mass is 32.1. The van der Waals surface area contributed by atoms with Crippen molar-refractivity contribution in [2.45, 2.75) is 25.7 Å². The third kappa shape index (κ3) is 4.25. The molecule has 1 aliphatic rings. The van der Waals surface area contributed by atoms with E-state index in [1.807, 2.05) is 17.0 Å². The number of hydrogen-bond acceptors (Lipinski definition) is 3. The molecule has 0 saturated carbocycles. The van der Waals surface area contributed by atoms with Gasteiger partial charge in [-0.1, -0.05) is 12.1 Å². The Balaban J connectivity index is 1.61. The Hall–Kier alpha value is -1.65. The maximum absolute atomic E-state index is 12.8. The van der Waals surface area contributed by atoms with Crippen molar-refractivity contribution in [2.24, 2.45) is 5.92 Å². The lowest BCUT2D eigenvalue weighted by Crippen LogP contribution is -2.40. The molecule has 0 bridgehead atoms. The van der Waals surface area contributed by atoms with E-state index in [4.69, 9.17) is 4.74 Å². The standard InChI is InChI=1S/C20H25NO2S/c1-23-12-3-5-16-4-2-11-21(14-16)20(22)18-8-6-17(7-9-18)19-10-13-24-15-19/h6-10,13,15-16H,2-5,11-12,14H2,1H3/t16-/m1/s1. The molecule has 1 fully saturated rings. The first kappa shape index (κ1) is 17.2. The molecule has 2 heterocycles. The second kappa shape index (κ2) is 8.45. The fourth-order valence-corrected chi connectivity index (χ4v) is 4.08. The Kier molecular flexibility index (Phi) is 6.05. The quantitative estimate of drug-likeness (QED) is 0.712. The molecule has 2 aromatic rings. The van der Waals surface area contributed by atoms with E-state index in [2.05, 4.69) is 29.0 Å². The van der Waals surface area contributed by atoms with Crippen molar-refractivity contribution in [1.29, 1.82) is 0 Å². The maximum Gasteiger partial charge on any atom is 0.253 e. The highest BCUT2D eigenvalue weighted by molar-refractivity contribution is 7.08. The number of nitrogens with zero attached hydrogens (tertiary/aromatic N) is 1. The van der Waals surface area contributed by atoms with Crippen LogP contribution >= 0.6 is 11.3 Å². The van der Waals surface area contributed by atoms with Gasteiger partial charge in [0, 0.05) is 32.4 Å². The molecule has 0 N–H and O–H groups in total. The van der Waals surface area contributed by atoms with Crippen LogP contribution in [-0.2, 0) is 4.74 Å². The predicted molar refractivity (Wildman–Crippen MR) is 99.5 cm³/mol. The molecule has 128 valence electrons. The van der Waals surface area contributed by atoms with Gasteiger partial charge in [-0.15, -0.1) is 0 Å². The van der Waals surface area contributed by atoms with E-state index in [-0.39, 0.29) is 5.91 Å². The summed E-state index contributed by atoms with van der Waals surface area (Å²) in [6.45, 7) is 2.58. The molecule has 1 saturated heterocycles. The van der Waals surface area contributed by atoms with Gasteiger partial charge < -0.3 is 9.64 Å². The average Bonchev–Trinajstić information content (AvgIpc) is 3.16. The number of methoxy groups -OCH3 is 1. The van der Waals surface area contributed by atoms with Gasteiger partial charge in [-0.2, -0.15) is 11.3 Å². The number of likely N-dealkylation sites (tertiary alicyclic amines) is 1. The van der Waals surface area contributed by atoms with E-state index in [0.29, 0.717) is 5.92 Å². The summed E-state index contributed by atoms with van der Waals surface area (Å²) in [5, 5.41) is 4.21. The van der Waals surface area contributed by atoms with E-state index in [1.165, 1.54) is 17.5 Å². The van der Waals surface area contributed by atoms with Gasteiger partial charge in [0.1, 0.15) is 0 Å². The van der Waals surface area contributed by atoms with Crippen molar-refractivity contribution < 1.29 is 9.53 Å². The van der Waals surface area contributed by atoms with Crippen molar-refractivity contribution in [3.63, 3.8) is 0 Å². The van der Waals surface area contributed by atoms with Crippen LogP contribution in [0.5, 0.6) is 0 Å². The second-order valence-electron chi connectivity index (χ2n) is 6.48. The van der Waals surface area contributed by atoms with Crippen LogP contribution in [0.25, 0.3) is 11.1 Å². The van der Waals surface area contributed by atoms with Crippen LogP contribution in [0.15, 0.2) is 41.1 Å². The predicted octanol–water partition coefficient (Wildman–Crippen LogP) is 4.69. The van der Waals surface area contributed by atoms with Crippen molar-refractivity contribution >= 4 is 17.2 Å². The average molecular weight is 343 g/mol. The van der Waals surface area contributed by atoms with E-state index in [9.17, 15) is 4.79 Å². The molecular weight excluding hydrogens is 318 g/mol. The normalized spacial score (nSPS) is 17.9. The molecule has 1 aromatic heterocycles. The summed E-state index contributed by atoms with van der Waals surface area (Å²) in [7, 11) is 1.75. The topological polar surface area (TPSA) is 29.5 Å². The van der Waals surface area contributed by atoms with Crippen LogP contribution in [0, 0.1) is 5.92 Å². The Morgan fingerprint density at radius 1 is 1.25 bits per heavy atom. The molecule has 1 aromatic carbocycles. The summed E-state index contributed by atoms with van der Waals surface area (Å²) in [6, 6.07) is 10.1. The number of hydrogen-bond donors (Lipinski definition) is 0. The molecule has 0 spiro atoms. The fraction of sp³-hybridized carbons (Fsp3) is 0.450. The van der Waals surface area contributed by atoms with E-state index in [1.54, 1.807) is 18.4 Å². The molecule has 3 nitrogen and oxygen atoms in total. The number of amides is 1. The van der Waals surface area contributed by atoms with E-state index >= 15 is 0 Å². The molecule has 4 heteroatoms. The van der Waals surface area contributed by atoms with Crippen molar-refractivity contribution in [1.82, 2.24) is 4.90 Å². The molecular formula is C20H25NO2S. The lowest BCUT2D eigenvalue weighted by Gasteiger charge is -2.33. The monoisotopic (exact) mass is 343 g/mol. The summed E-state index contributed by atoms with van der Waals surface area (Å²) in [6.07, 6.45) is 4.56. The fourth-order valence-electron chi connectivity index (χ4n) is 3.42. The van der Waals surface area contributed by atoms with Crippen LogP contribution in [0.4, 0.5) is 0 Å². The first-order valence-electron chi connectivity index (χ1n) is 8.69. The van der Waals surface area contributed by atoms with Crippen LogP contribution in [0.1, 0.15) is 36.0 Å². The Morgan fingerprint density at radius 2 is 2.08 bits per heavy atom. The number of ether oxygens (including phenoxy) is 1. The molecule has 1 amide bonds. The van der Waals surface area contributed by atoms with Crippen molar-refractivity contribution in [3.05, 3.63) is 46.7 Å². The van der Waals surface area contributed by atoms with Crippen molar-refractivity contribution in [2.75, 3.05) is 26.8 Å². The molecule has 0 unspecified atom stereocenters. The number of carbonyl (C=O) groups excluding carboxylic acids is 1. The molecule has 1 aliphatic heterocycles. The Morgan fingerprint density at radius 3 is 2.79 bits per heavy atom. The minimum atomic E-state index is 0.170. The summed E-state index contributed by atoms with van der Waals surface area (Å²) in [5.41, 5.74) is 3.19. The van der Waals surface area contributed by atoms with E-state index in [0.717, 1.165) is 44.5 Å². The molecule has 0 aliphatic carbocycles. The Labute approximate surface area is 148 Å². The van der Waals surface area contributed by atoms with Gasteiger partial charge in [0.15, 0.2) is 0 Å². The van der Waals surface area contributed by atoms with Crippen LogP contribution in [0.2, 0.25) is 0 Å². The molecule has 24 heavy (non-hydrogen) atoms. The number of carbonyl (C=O) groups is 1. The van der Waals surface area contributed by atoms with Gasteiger partial charge in [0.2, 0.25) is 0 Å². The highest BCUT2D eigenvalue weighted by Crippen LogP contribution is 2.25. The van der Waals surface area contributed by atoms with Gasteiger partial charge in [-0.25, -0.2) is 0 Å². The van der Waals surface area contributed by atoms with Gasteiger partial charge in [-0.05, 0) is 71.7 Å². The number of benzene rings is 1. The maximum atomic E-state index is 12.8. The first-order chi connectivity index (χ1) is 11.8. The van der Waals surface area contributed by atoms with Gasteiger partial charge in [0.05, 0.1) is 0 Å². The van der Waals surface area contributed by atoms with Crippen LogP contribution < -0.4 is 0 Å². The number of piperidine rings is 1. The van der Waals surface area contributed by atoms with Crippen molar-refractivity contribution in [3.8, 4) is 11.1 Å². The lowest BCUT2D eigenvalue weighted by molar-refractivity contribution is 0.0660. The largest absolute Gasteiger partial charge is 0.385 e. The van der Waals surface area contributed by atoms with E-state index < -0.39 is 0 Å². The summed E-state index contributed by atoms with van der Waals surface area (Å²) in [4.78, 5) is 14.8.